The summed E-state index contributed by atoms with van der Waals surface area (Å²) in [5.74, 6) is -0.0283. The molecule has 0 unspecified atom stereocenters. The van der Waals surface area contributed by atoms with Crippen LogP contribution in [-0.2, 0) is 4.79 Å². The number of carbonyl (C=O) groups is 2. The number of hydrogen-bond acceptors (Lipinski definition) is 5. The van der Waals surface area contributed by atoms with Crippen LogP contribution < -0.4 is 15.5 Å². The molecule has 0 aliphatic carbocycles. The summed E-state index contributed by atoms with van der Waals surface area (Å²) in [6, 6.07) is 14.0. The van der Waals surface area contributed by atoms with Crippen molar-refractivity contribution in [3.63, 3.8) is 0 Å². The molecule has 0 atom stereocenters. The minimum atomic E-state index is -0.0485. The standard InChI is InChI=1S/C25H35N5O2.ClH/c1-19-10-11-22(21(18-19)25(32)28(3)4)26-12-7-13-29-14-16-30(17-15-29)24-9-6-5-8-23(24)27-20(2)31;/h5-6,8-11,18,26H,7,12-17H2,1-4H3,(H,27,31);1H. The van der Waals surface area contributed by atoms with E-state index in [1.807, 2.05) is 43.3 Å². The van der Waals surface area contributed by atoms with Crippen molar-refractivity contribution in [2.45, 2.75) is 20.3 Å². The predicted octanol–water partition coefficient (Wildman–Crippen LogP) is 3.70. The second kappa shape index (κ2) is 12.5. The SMILES string of the molecule is CC(=O)Nc1ccccc1N1CCN(CCCNc2ccc(C)cc2C(=O)N(C)C)CC1.Cl. The number of nitrogens with one attached hydrogen (secondary N) is 2. The van der Waals surface area contributed by atoms with Crippen LogP contribution in [0.1, 0.15) is 29.3 Å². The maximum atomic E-state index is 12.5. The summed E-state index contributed by atoms with van der Waals surface area (Å²) < 4.78 is 0. The lowest BCUT2D eigenvalue weighted by molar-refractivity contribution is -0.114. The molecule has 1 saturated heterocycles. The summed E-state index contributed by atoms with van der Waals surface area (Å²) in [5.41, 5.74) is 4.66. The van der Waals surface area contributed by atoms with Crippen LogP contribution in [0.5, 0.6) is 0 Å². The Balaban J connectivity index is 0.00000385. The lowest BCUT2D eigenvalue weighted by atomic mass is 10.1. The summed E-state index contributed by atoms with van der Waals surface area (Å²) in [6.07, 6.45) is 1.01. The Hall–Kier alpha value is -2.77. The van der Waals surface area contributed by atoms with Crippen molar-refractivity contribution < 1.29 is 9.59 Å². The van der Waals surface area contributed by atoms with Gasteiger partial charge in [-0.3, -0.25) is 14.5 Å². The number of carbonyl (C=O) groups excluding carboxylic acids is 2. The lowest BCUT2D eigenvalue weighted by Gasteiger charge is -2.37. The first-order valence-electron chi connectivity index (χ1n) is 11.2. The smallest absolute Gasteiger partial charge is 0.255 e. The van der Waals surface area contributed by atoms with Crippen molar-refractivity contribution in [3.05, 3.63) is 53.6 Å². The van der Waals surface area contributed by atoms with Gasteiger partial charge in [0.05, 0.1) is 16.9 Å². The van der Waals surface area contributed by atoms with E-state index in [2.05, 4.69) is 26.5 Å². The maximum absolute atomic E-state index is 12.5. The van der Waals surface area contributed by atoms with Crippen LogP contribution in [0.4, 0.5) is 17.1 Å². The first kappa shape index (κ1) is 26.5. The molecule has 33 heavy (non-hydrogen) atoms. The molecule has 0 bridgehead atoms. The Morgan fingerprint density at radius 3 is 2.36 bits per heavy atom. The van der Waals surface area contributed by atoms with E-state index < -0.39 is 0 Å². The fourth-order valence-electron chi connectivity index (χ4n) is 4.01. The number of rotatable bonds is 8. The van der Waals surface area contributed by atoms with Gasteiger partial charge in [-0.1, -0.05) is 23.8 Å². The molecule has 1 fully saturated rings. The minimum Gasteiger partial charge on any atom is -0.384 e. The highest BCUT2D eigenvalue weighted by molar-refractivity contribution is 5.99. The molecule has 8 heteroatoms. The third-order valence-electron chi connectivity index (χ3n) is 5.71. The molecule has 2 amide bonds. The molecule has 7 nitrogen and oxygen atoms in total. The molecule has 2 aromatic carbocycles. The summed E-state index contributed by atoms with van der Waals surface area (Å²) in [4.78, 5) is 30.4. The Bertz CT molecular complexity index is 942. The van der Waals surface area contributed by atoms with Gasteiger partial charge in [-0.2, -0.15) is 0 Å². The van der Waals surface area contributed by atoms with E-state index in [-0.39, 0.29) is 24.2 Å². The van der Waals surface area contributed by atoms with Crippen LogP contribution in [0.3, 0.4) is 0 Å². The monoisotopic (exact) mass is 473 g/mol. The van der Waals surface area contributed by atoms with Crippen LogP contribution in [0.25, 0.3) is 0 Å². The summed E-state index contributed by atoms with van der Waals surface area (Å²) in [6.45, 7) is 9.22. The highest BCUT2D eigenvalue weighted by Gasteiger charge is 2.19. The Morgan fingerprint density at radius 1 is 1.00 bits per heavy atom. The number of nitrogens with zero attached hydrogens (tertiary/aromatic N) is 3. The quantitative estimate of drug-likeness (QED) is 0.572. The van der Waals surface area contributed by atoms with Crippen molar-refractivity contribution in [1.29, 1.82) is 0 Å². The van der Waals surface area contributed by atoms with E-state index in [0.29, 0.717) is 0 Å². The van der Waals surface area contributed by atoms with Gasteiger partial charge in [0.15, 0.2) is 0 Å². The first-order valence-corrected chi connectivity index (χ1v) is 11.2. The average molecular weight is 474 g/mol. The molecule has 1 aliphatic heterocycles. The van der Waals surface area contributed by atoms with E-state index in [1.165, 1.54) is 0 Å². The van der Waals surface area contributed by atoms with Gasteiger partial charge >= 0.3 is 0 Å². The maximum Gasteiger partial charge on any atom is 0.255 e. The third-order valence-corrected chi connectivity index (χ3v) is 5.71. The fourth-order valence-corrected chi connectivity index (χ4v) is 4.01. The van der Waals surface area contributed by atoms with Crippen LogP contribution in [0.2, 0.25) is 0 Å². The molecule has 3 rings (SSSR count). The molecule has 0 saturated carbocycles. The molecular formula is C25H36ClN5O2. The van der Waals surface area contributed by atoms with Gasteiger partial charge in [0.2, 0.25) is 5.91 Å². The minimum absolute atomic E-state index is 0. The molecule has 1 aliphatic rings. The number of benzene rings is 2. The number of piperazine rings is 1. The normalized spacial score (nSPS) is 13.8. The van der Waals surface area contributed by atoms with Gasteiger partial charge in [0.1, 0.15) is 0 Å². The molecule has 180 valence electrons. The zero-order chi connectivity index (χ0) is 23.1. The number of hydrogen-bond donors (Lipinski definition) is 2. The van der Waals surface area contributed by atoms with Gasteiger partial charge in [-0.15, -0.1) is 12.4 Å². The van der Waals surface area contributed by atoms with Crippen molar-refractivity contribution in [2.75, 3.05) is 68.9 Å². The lowest BCUT2D eigenvalue weighted by Crippen LogP contribution is -2.47. The van der Waals surface area contributed by atoms with E-state index in [1.54, 1.807) is 25.9 Å². The van der Waals surface area contributed by atoms with Gasteiger partial charge in [0.25, 0.3) is 5.91 Å². The Kier molecular flexibility index (Phi) is 10.0. The molecule has 2 aromatic rings. The molecular weight excluding hydrogens is 438 g/mol. The summed E-state index contributed by atoms with van der Waals surface area (Å²) in [7, 11) is 3.56. The van der Waals surface area contributed by atoms with E-state index in [9.17, 15) is 9.59 Å². The molecule has 0 radical (unpaired) electrons. The highest BCUT2D eigenvalue weighted by Crippen LogP contribution is 2.26. The molecule has 2 N–H and O–H groups in total. The fraction of sp³-hybridized carbons (Fsp3) is 0.440. The molecule has 0 aromatic heterocycles. The van der Waals surface area contributed by atoms with E-state index >= 15 is 0 Å². The van der Waals surface area contributed by atoms with Crippen molar-refractivity contribution >= 4 is 41.3 Å². The Morgan fingerprint density at radius 2 is 1.70 bits per heavy atom. The molecule has 0 spiro atoms. The zero-order valence-corrected chi connectivity index (χ0v) is 20.9. The predicted molar refractivity (Wildman–Crippen MR) is 139 cm³/mol. The highest BCUT2D eigenvalue weighted by atomic mass is 35.5. The topological polar surface area (TPSA) is 67.9 Å². The van der Waals surface area contributed by atoms with E-state index in [4.69, 9.17) is 0 Å². The van der Waals surface area contributed by atoms with Crippen molar-refractivity contribution in [3.8, 4) is 0 Å². The van der Waals surface area contributed by atoms with Crippen LogP contribution in [-0.4, -0.2) is 75.0 Å². The second-order valence-corrected chi connectivity index (χ2v) is 8.56. The van der Waals surface area contributed by atoms with Gasteiger partial charge < -0.3 is 20.4 Å². The van der Waals surface area contributed by atoms with Crippen LogP contribution in [0.15, 0.2) is 42.5 Å². The second-order valence-electron chi connectivity index (χ2n) is 8.56. The van der Waals surface area contributed by atoms with Crippen LogP contribution >= 0.6 is 12.4 Å². The number of para-hydroxylation sites is 2. The number of aryl methyl sites for hydroxylation is 1. The number of anilines is 3. The molecule has 1 heterocycles. The Labute approximate surface area is 203 Å². The van der Waals surface area contributed by atoms with Gasteiger partial charge in [-0.05, 0) is 44.2 Å². The van der Waals surface area contributed by atoms with Crippen molar-refractivity contribution in [2.24, 2.45) is 0 Å². The zero-order valence-electron chi connectivity index (χ0n) is 20.1. The first-order chi connectivity index (χ1) is 15.3. The number of amides is 2. The van der Waals surface area contributed by atoms with Gasteiger partial charge in [0, 0.05) is 59.4 Å². The average Bonchev–Trinajstić information content (AvgIpc) is 2.77. The number of halogens is 1. The van der Waals surface area contributed by atoms with E-state index in [0.717, 1.165) is 73.9 Å². The summed E-state index contributed by atoms with van der Waals surface area (Å²) in [5, 5.41) is 6.38. The third kappa shape index (κ3) is 7.37. The largest absolute Gasteiger partial charge is 0.384 e. The van der Waals surface area contributed by atoms with Crippen molar-refractivity contribution in [1.82, 2.24) is 9.80 Å². The summed E-state index contributed by atoms with van der Waals surface area (Å²) >= 11 is 0. The van der Waals surface area contributed by atoms with Crippen LogP contribution in [0, 0.1) is 6.92 Å². The van der Waals surface area contributed by atoms with Gasteiger partial charge in [-0.25, -0.2) is 0 Å².